The van der Waals surface area contributed by atoms with E-state index in [1.54, 1.807) is 20.2 Å². The van der Waals surface area contributed by atoms with Crippen LogP contribution >= 0.6 is 0 Å². The van der Waals surface area contributed by atoms with Gasteiger partial charge in [-0.15, -0.1) is 0 Å². The molecular formula is C16H20N10O5S. The van der Waals surface area contributed by atoms with E-state index in [0.717, 1.165) is 0 Å². The van der Waals surface area contributed by atoms with Crippen LogP contribution in [0.3, 0.4) is 0 Å². The van der Waals surface area contributed by atoms with Crippen LogP contribution in [0, 0.1) is 17.0 Å². The Morgan fingerprint density at radius 2 is 1.91 bits per heavy atom. The largest absolute Gasteiger partial charge is 0.491 e. The molecule has 15 nitrogen and oxygen atoms in total. The summed E-state index contributed by atoms with van der Waals surface area (Å²) in [6.45, 7) is 2.49. The van der Waals surface area contributed by atoms with E-state index in [1.807, 2.05) is 0 Å². The second-order valence-corrected chi connectivity index (χ2v) is 9.04. The summed E-state index contributed by atoms with van der Waals surface area (Å²) < 4.78 is 31.2. The quantitative estimate of drug-likeness (QED) is 0.331. The van der Waals surface area contributed by atoms with Crippen molar-refractivity contribution in [1.29, 1.82) is 0 Å². The minimum Gasteiger partial charge on any atom is -0.390 e. The number of aromatic nitrogens is 7. The van der Waals surface area contributed by atoms with Gasteiger partial charge >= 0.3 is 5.95 Å². The van der Waals surface area contributed by atoms with Gasteiger partial charge in [-0.25, -0.2) is 13.1 Å². The number of hydrogen-bond acceptors (Lipinski definition) is 9. The molecule has 1 aliphatic heterocycles. The fraction of sp³-hybridized carbons (Fsp3) is 0.438. The zero-order chi connectivity index (χ0) is 23.0. The molecule has 0 aliphatic carbocycles. The van der Waals surface area contributed by atoms with Gasteiger partial charge < -0.3 is 15.0 Å². The Hall–Kier alpha value is -3.66. The van der Waals surface area contributed by atoms with Crippen molar-refractivity contribution in [3.05, 3.63) is 46.3 Å². The van der Waals surface area contributed by atoms with Crippen molar-refractivity contribution in [1.82, 2.24) is 43.5 Å². The van der Waals surface area contributed by atoms with Gasteiger partial charge in [-0.1, -0.05) is 4.98 Å². The number of nitro groups is 1. The van der Waals surface area contributed by atoms with Crippen LogP contribution in [0.4, 0.5) is 5.95 Å². The zero-order valence-corrected chi connectivity index (χ0v) is 18.1. The van der Waals surface area contributed by atoms with Gasteiger partial charge in [0.2, 0.25) is 16.4 Å². The van der Waals surface area contributed by atoms with Gasteiger partial charge in [0.1, 0.15) is 10.6 Å². The Labute approximate surface area is 182 Å². The molecule has 1 amide bonds. The van der Waals surface area contributed by atoms with Gasteiger partial charge in [0.25, 0.3) is 5.91 Å². The Bertz CT molecular complexity index is 1270. The van der Waals surface area contributed by atoms with E-state index >= 15 is 0 Å². The molecule has 0 radical (unpaired) electrons. The number of piperazine rings is 1. The maximum Gasteiger partial charge on any atom is 0.491 e. The van der Waals surface area contributed by atoms with Gasteiger partial charge in [0.15, 0.2) is 6.67 Å². The molecule has 1 fully saturated rings. The zero-order valence-electron chi connectivity index (χ0n) is 17.3. The fourth-order valence-corrected chi connectivity index (χ4v) is 4.91. The van der Waals surface area contributed by atoms with E-state index in [0.29, 0.717) is 5.69 Å². The predicted octanol–water partition coefficient (Wildman–Crippen LogP) is -0.923. The van der Waals surface area contributed by atoms with Crippen LogP contribution in [0.1, 0.15) is 16.2 Å². The van der Waals surface area contributed by atoms with Crippen molar-refractivity contribution in [2.75, 3.05) is 26.2 Å². The molecule has 0 unspecified atom stereocenters. The van der Waals surface area contributed by atoms with E-state index in [1.165, 1.54) is 41.8 Å². The number of hydrogen-bond donors (Lipinski definition) is 0. The highest BCUT2D eigenvalue weighted by atomic mass is 32.2. The van der Waals surface area contributed by atoms with Gasteiger partial charge in [0, 0.05) is 44.5 Å². The average Bonchev–Trinajstić information content (AvgIpc) is 3.50. The van der Waals surface area contributed by atoms with Crippen molar-refractivity contribution in [2.45, 2.75) is 18.5 Å². The van der Waals surface area contributed by atoms with E-state index in [2.05, 4.69) is 20.3 Å². The molecule has 16 heteroatoms. The van der Waals surface area contributed by atoms with Crippen molar-refractivity contribution in [3.8, 4) is 0 Å². The van der Waals surface area contributed by atoms with Crippen molar-refractivity contribution in [2.24, 2.45) is 7.05 Å². The molecule has 0 atom stereocenters. The molecular weight excluding hydrogens is 444 g/mol. The molecule has 32 heavy (non-hydrogen) atoms. The smallest absolute Gasteiger partial charge is 0.390 e. The van der Waals surface area contributed by atoms with Crippen LogP contribution in [0.15, 0.2) is 29.7 Å². The van der Waals surface area contributed by atoms with Crippen LogP contribution in [-0.2, 0) is 23.7 Å². The lowest BCUT2D eigenvalue weighted by Gasteiger charge is -2.33. The first-order valence-corrected chi connectivity index (χ1v) is 11.0. The molecule has 4 rings (SSSR count). The Balaban J connectivity index is 1.38. The lowest BCUT2D eigenvalue weighted by molar-refractivity contribution is -0.394. The summed E-state index contributed by atoms with van der Waals surface area (Å²) >= 11 is 0. The third kappa shape index (κ3) is 3.96. The first-order chi connectivity index (χ1) is 15.2. The number of carbonyl (C=O) groups excluding carboxylic acids is 1. The molecule has 0 saturated carbocycles. The molecule has 170 valence electrons. The first-order valence-electron chi connectivity index (χ1n) is 9.52. The summed E-state index contributed by atoms with van der Waals surface area (Å²) in [6, 6.07) is 1.52. The van der Waals surface area contributed by atoms with Gasteiger partial charge in [-0.3, -0.25) is 9.48 Å². The van der Waals surface area contributed by atoms with Crippen LogP contribution in [-0.4, -0.2) is 89.0 Å². The third-order valence-corrected chi connectivity index (χ3v) is 7.17. The molecule has 0 N–H and O–H groups in total. The molecule has 3 aromatic heterocycles. The molecule has 0 spiro atoms. The fourth-order valence-electron chi connectivity index (χ4n) is 3.30. The van der Waals surface area contributed by atoms with Gasteiger partial charge in [0.05, 0.1) is 11.9 Å². The maximum atomic E-state index is 12.9. The highest BCUT2D eigenvalue weighted by Crippen LogP contribution is 2.21. The maximum absolute atomic E-state index is 12.9. The van der Waals surface area contributed by atoms with E-state index in [4.69, 9.17) is 0 Å². The van der Waals surface area contributed by atoms with Crippen LogP contribution < -0.4 is 0 Å². The Morgan fingerprint density at radius 1 is 1.19 bits per heavy atom. The van der Waals surface area contributed by atoms with E-state index in [9.17, 15) is 23.3 Å². The van der Waals surface area contributed by atoms with Gasteiger partial charge in [-0.2, -0.15) is 19.2 Å². The molecule has 0 bridgehead atoms. The minimum atomic E-state index is -3.69. The summed E-state index contributed by atoms with van der Waals surface area (Å²) in [7, 11) is -2.02. The Morgan fingerprint density at radius 3 is 2.50 bits per heavy atom. The molecule has 4 heterocycles. The summed E-state index contributed by atoms with van der Waals surface area (Å²) in [5, 5.41) is 22.5. The lowest BCUT2D eigenvalue weighted by Crippen LogP contribution is -2.50. The van der Waals surface area contributed by atoms with E-state index in [-0.39, 0.29) is 49.3 Å². The minimum absolute atomic E-state index is 0.0462. The van der Waals surface area contributed by atoms with Crippen LogP contribution in [0.25, 0.3) is 0 Å². The van der Waals surface area contributed by atoms with Crippen LogP contribution in [0.2, 0.25) is 0 Å². The lowest BCUT2D eigenvalue weighted by atomic mass is 10.3. The average molecular weight is 464 g/mol. The Kier molecular flexibility index (Phi) is 5.47. The predicted molar refractivity (Wildman–Crippen MR) is 107 cm³/mol. The number of sulfonamides is 1. The van der Waals surface area contributed by atoms with Crippen molar-refractivity contribution < 1.29 is 18.1 Å². The second kappa shape index (κ2) is 8.12. The number of aryl methyl sites for hydroxylation is 1. The van der Waals surface area contributed by atoms with Crippen LogP contribution in [0.5, 0.6) is 0 Å². The summed E-state index contributed by atoms with van der Waals surface area (Å²) in [4.78, 5) is 28.0. The highest BCUT2D eigenvalue weighted by molar-refractivity contribution is 7.89. The monoisotopic (exact) mass is 464 g/mol. The number of rotatable bonds is 6. The second-order valence-electron chi connectivity index (χ2n) is 7.14. The number of carbonyl (C=O) groups is 1. The molecule has 1 aliphatic rings. The van der Waals surface area contributed by atoms with Crippen molar-refractivity contribution in [3.63, 3.8) is 0 Å². The van der Waals surface area contributed by atoms with E-state index < -0.39 is 20.9 Å². The summed E-state index contributed by atoms with van der Waals surface area (Å²) in [5.74, 6) is -0.856. The number of nitrogens with zero attached hydrogens (tertiary/aromatic N) is 10. The van der Waals surface area contributed by atoms with Gasteiger partial charge in [-0.05, 0) is 17.9 Å². The summed E-state index contributed by atoms with van der Waals surface area (Å²) in [5.41, 5.74) is 0.728. The molecule has 1 saturated heterocycles. The molecule has 0 aromatic carbocycles. The topological polar surface area (TPSA) is 167 Å². The summed E-state index contributed by atoms with van der Waals surface area (Å²) in [6.07, 6.45) is 4.08. The third-order valence-electron chi connectivity index (χ3n) is 5.17. The highest BCUT2D eigenvalue weighted by Gasteiger charge is 2.33. The standard InChI is InChI=1S/C16H20N10O5S/c1-12-14(9-18-21(12)2)32(30,31)25-7-5-22(6-8-25)15(27)13-3-4-23(19-13)11-24-10-17-16(20-24)26(28)29/h3-4,9-10H,5-8,11H2,1-2H3. The normalized spacial score (nSPS) is 15.2. The first kappa shape index (κ1) is 21.6. The van der Waals surface area contributed by atoms with Crippen molar-refractivity contribution >= 4 is 21.9 Å². The molecule has 3 aromatic rings. The SMILES string of the molecule is Cc1c(S(=O)(=O)N2CCN(C(=O)c3ccn(Cn4cnc([N+](=O)[O-])n4)n3)CC2)cnn1C. The number of amides is 1.